The molecule has 1 aliphatic rings. The lowest BCUT2D eigenvalue weighted by Gasteiger charge is -2.15. The zero-order chi connectivity index (χ0) is 17.7. The van der Waals surface area contributed by atoms with Crippen LogP contribution < -0.4 is 15.9 Å². The zero-order valence-electron chi connectivity index (χ0n) is 14.9. The molecule has 0 fully saturated rings. The molecule has 3 aromatic rings. The second-order valence-corrected chi connectivity index (χ2v) is 6.89. The molecule has 5 heteroatoms. The molecule has 0 saturated carbocycles. The van der Waals surface area contributed by atoms with Crippen LogP contribution in [-0.4, -0.2) is 9.13 Å². The van der Waals surface area contributed by atoms with E-state index in [4.69, 9.17) is 4.74 Å². The lowest BCUT2D eigenvalue weighted by atomic mass is 10.0. The van der Waals surface area contributed by atoms with Gasteiger partial charge in [-0.05, 0) is 37.5 Å². The van der Waals surface area contributed by atoms with E-state index >= 15 is 0 Å². The second-order valence-electron chi connectivity index (χ2n) is 6.89. The van der Waals surface area contributed by atoms with Gasteiger partial charge in [-0.2, -0.15) is 0 Å². The van der Waals surface area contributed by atoms with Gasteiger partial charge in [-0.3, -0.25) is 14.2 Å². The molecule has 0 N–H and O–H groups in total. The van der Waals surface area contributed by atoms with Crippen molar-refractivity contribution >= 4 is 21.8 Å². The number of aromatic nitrogens is 2. The minimum Gasteiger partial charge on any atom is -0.468 e. The van der Waals surface area contributed by atoms with Crippen molar-refractivity contribution in [2.75, 3.05) is 0 Å². The maximum absolute atomic E-state index is 12.6. The van der Waals surface area contributed by atoms with Crippen LogP contribution in [0.25, 0.3) is 21.8 Å². The number of hydrogen-bond acceptors (Lipinski definition) is 3. The standard InChI is InChI=1S/C20H22N2O3/c1-4-5-6-7-21-16(23)8-12(2)14-10-15-13(3)9-17(24)22-11-25-20(18(14)21)19(15)22/h8-10H,4-7,11H2,1-3H3. The van der Waals surface area contributed by atoms with E-state index in [0.29, 0.717) is 12.3 Å². The summed E-state index contributed by atoms with van der Waals surface area (Å²) in [5, 5.41) is 2.04. The molecule has 3 heterocycles. The third kappa shape index (κ3) is 2.29. The number of rotatable bonds is 4. The van der Waals surface area contributed by atoms with Gasteiger partial charge in [-0.1, -0.05) is 19.8 Å². The SMILES string of the molecule is CCCCCn1c(=O)cc(C)c2cc3c(C)cc(=O)n4c3c(c21)OC4. The molecule has 0 radical (unpaired) electrons. The fraction of sp³-hybridized carbons (Fsp3) is 0.400. The van der Waals surface area contributed by atoms with Gasteiger partial charge in [0.2, 0.25) is 0 Å². The molecule has 0 amide bonds. The van der Waals surface area contributed by atoms with E-state index < -0.39 is 0 Å². The van der Waals surface area contributed by atoms with Crippen LogP contribution in [0.5, 0.6) is 5.75 Å². The van der Waals surface area contributed by atoms with Crippen LogP contribution in [0.2, 0.25) is 0 Å². The smallest absolute Gasteiger partial charge is 0.254 e. The van der Waals surface area contributed by atoms with E-state index in [1.807, 2.05) is 18.4 Å². The molecule has 0 unspecified atom stereocenters. The van der Waals surface area contributed by atoms with Crippen molar-refractivity contribution < 1.29 is 4.74 Å². The Hall–Kier alpha value is -2.56. The van der Waals surface area contributed by atoms with Crippen molar-refractivity contribution in [1.29, 1.82) is 0 Å². The van der Waals surface area contributed by atoms with Gasteiger partial charge in [-0.25, -0.2) is 0 Å². The van der Waals surface area contributed by atoms with E-state index in [1.54, 1.807) is 16.7 Å². The Bertz CT molecular complexity index is 1120. The summed E-state index contributed by atoms with van der Waals surface area (Å²) in [7, 11) is 0. The molecule has 1 aromatic carbocycles. The third-order valence-corrected chi connectivity index (χ3v) is 5.15. The summed E-state index contributed by atoms with van der Waals surface area (Å²) in [5.41, 5.74) is 3.45. The summed E-state index contributed by atoms with van der Waals surface area (Å²) in [6.07, 6.45) is 3.13. The average Bonchev–Trinajstić information content (AvgIpc) is 3.01. The normalized spacial score (nSPS) is 12.9. The van der Waals surface area contributed by atoms with Gasteiger partial charge in [0, 0.05) is 29.4 Å². The molecule has 0 spiro atoms. The predicted octanol–water partition coefficient (Wildman–Crippen LogP) is 3.47. The summed E-state index contributed by atoms with van der Waals surface area (Å²) in [4.78, 5) is 24.9. The molecule has 5 nitrogen and oxygen atoms in total. The topological polar surface area (TPSA) is 53.2 Å². The fourth-order valence-corrected chi connectivity index (χ4v) is 3.81. The number of fused-ring (bicyclic) bond motifs is 2. The Balaban J connectivity index is 2.14. The van der Waals surface area contributed by atoms with Gasteiger partial charge in [-0.15, -0.1) is 0 Å². The van der Waals surface area contributed by atoms with Crippen molar-refractivity contribution in [3.8, 4) is 5.75 Å². The molecule has 130 valence electrons. The van der Waals surface area contributed by atoms with E-state index in [0.717, 1.165) is 52.2 Å². The zero-order valence-corrected chi connectivity index (χ0v) is 14.9. The highest BCUT2D eigenvalue weighted by Gasteiger charge is 2.24. The molecule has 2 aromatic heterocycles. The summed E-state index contributed by atoms with van der Waals surface area (Å²) < 4.78 is 9.39. The number of aryl methyl sites for hydroxylation is 3. The highest BCUT2D eigenvalue weighted by Crippen LogP contribution is 2.39. The first-order chi connectivity index (χ1) is 12.0. The lowest BCUT2D eigenvalue weighted by Crippen LogP contribution is -2.21. The van der Waals surface area contributed by atoms with E-state index in [1.165, 1.54) is 0 Å². The number of ether oxygens (including phenoxy) is 1. The third-order valence-electron chi connectivity index (χ3n) is 5.15. The molecule has 0 atom stereocenters. The molecule has 0 bridgehead atoms. The van der Waals surface area contributed by atoms with Crippen LogP contribution in [0.1, 0.15) is 37.3 Å². The van der Waals surface area contributed by atoms with Crippen molar-refractivity contribution in [2.45, 2.75) is 53.3 Å². The number of hydrogen-bond donors (Lipinski definition) is 0. The minimum absolute atomic E-state index is 0.00578. The maximum atomic E-state index is 12.6. The molecular weight excluding hydrogens is 316 g/mol. The minimum atomic E-state index is -0.0596. The largest absolute Gasteiger partial charge is 0.468 e. The fourth-order valence-electron chi connectivity index (χ4n) is 3.81. The van der Waals surface area contributed by atoms with Gasteiger partial charge in [0.15, 0.2) is 12.5 Å². The van der Waals surface area contributed by atoms with Crippen LogP contribution in [0.4, 0.5) is 0 Å². The molecule has 4 rings (SSSR count). The number of pyridine rings is 2. The first-order valence-electron chi connectivity index (χ1n) is 8.87. The maximum Gasteiger partial charge on any atom is 0.254 e. The highest BCUT2D eigenvalue weighted by molar-refractivity contribution is 6.05. The lowest BCUT2D eigenvalue weighted by molar-refractivity contribution is 0.268. The van der Waals surface area contributed by atoms with E-state index in [9.17, 15) is 9.59 Å². The van der Waals surface area contributed by atoms with Crippen molar-refractivity contribution in [2.24, 2.45) is 0 Å². The first-order valence-corrected chi connectivity index (χ1v) is 8.87. The van der Waals surface area contributed by atoms with Crippen molar-refractivity contribution in [3.63, 3.8) is 0 Å². The van der Waals surface area contributed by atoms with Gasteiger partial charge in [0.05, 0.1) is 11.0 Å². The second kappa shape index (κ2) is 5.76. The molecule has 0 aliphatic carbocycles. The number of nitrogens with zero attached hydrogens (tertiary/aromatic N) is 2. The van der Waals surface area contributed by atoms with Crippen LogP contribution >= 0.6 is 0 Å². The summed E-state index contributed by atoms with van der Waals surface area (Å²) in [6.45, 7) is 6.93. The Kier molecular flexibility index (Phi) is 3.67. The average molecular weight is 338 g/mol. The van der Waals surface area contributed by atoms with E-state index in [-0.39, 0.29) is 17.8 Å². The highest BCUT2D eigenvalue weighted by atomic mass is 16.5. The van der Waals surface area contributed by atoms with Crippen LogP contribution in [-0.2, 0) is 13.3 Å². The summed E-state index contributed by atoms with van der Waals surface area (Å²) in [6, 6.07) is 5.45. The van der Waals surface area contributed by atoms with Crippen LogP contribution in [0.15, 0.2) is 27.8 Å². The van der Waals surface area contributed by atoms with Gasteiger partial charge < -0.3 is 9.30 Å². The van der Waals surface area contributed by atoms with Gasteiger partial charge in [0.25, 0.3) is 11.1 Å². The van der Waals surface area contributed by atoms with Crippen LogP contribution in [0, 0.1) is 13.8 Å². The summed E-state index contributed by atoms with van der Waals surface area (Å²) >= 11 is 0. The Morgan fingerprint density at radius 2 is 1.64 bits per heavy atom. The molecule has 0 saturated heterocycles. The first kappa shape index (κ1) is 15.9. The number of benzene rings is 1. The van der Waals surface area contributed by atoms with Crippen molar-refractivity contribution in [1.82, 2.24) is 9.13 Å². The van der Waals surface area contributed by atoms with Crippen LogP contribution in [0.3, 0.4) is 0 Å². The Labute approximate surface area is 145 Å². The molecular formula is C20H22N2O3. The number of unbranched alkanes of at least 4 members (excludes halogenated alkanes) is 2. The van der Waals surface area contributed by atoms with Gasteiger partial charge in [0.1, 0.15) is 0 Å². The van der Waals surface area contributed by atoms with Crippen molar-refractivity contribution in [3.05, 3.63) is 50.0 Å². The van der Waals surface area contributed by atoms with E-state index in [2.05, 4.69) is 13.0 Å². The molecule has 25 heavy (non-hydrogen) atoms. The van der Waals surface area contributed by atoms with Gasteiger partial charge >= 0.3 is 0 Å². The Morgan fingerprint density at radius 1 is 0.960 bits per heavy atom. The monoisotopic (exact) mass is 338 g/mol. The summed E-state index contributed by atoms with van der Waals surface area (Å²) in [5.74, 6) is 0.672. The Morgan fingerprint density at radius 3 is 2.36 bits per heavy atom. The quantitative estimate of drug-likeness (QED) is 0.541. The predicted molar refractivity (Wildman–Crippen MR) is 99.6 cm³/mol. The molecule has 1 aliphatic heterocycles.